The van der Waals surface area contributed by atoms with Gasteiger partial charge < -0.3 is 5.11 Å². The van der Waals surface area contributed by atoms with Gasteiger partial charge in [-0.15, -0.1) is 5.10 Å². The number of aliphatic hydroxyl groups excluding tert-OH is 1. The topological polar surface area (TPSA) is 114 Å². The fraction of sp³-hybridized carbons (Fsp3) is 0.259. The molecule has 182 valence electrons. The summed E-state index contributed by atoms with van der Waals surface area (Å²) in [5.74, 6) is -1.17. The summed E-state index contributed by atoms with van der Waals surface area (Å²) in [5.41, 5.74) is 2.99. The van der Waals surface area contributed by atoms with Crippen molar-refractivity contribution in [2.24, 2.45) is 0 Å². The van der Waals surface area contributed by atoms with Crippen LogP contribution in [0.25, 0.3) is 5.76 Å². The van der Waals surface area contributed by atoms with Gasteiger partial charge in [0.05, 0.1) is 23.4 Å². The minimum atomic E-state index is -0.847. The average Bonchev–Trinajstić information content (AvgIpc) is 3.52. The van der Waals surface area contributed by atoms with Crippen molar-refractivity contribution < 1.29 is 14.7 Å². The molecular weight excluding hydrogens is 456 g/mol. The van der Waals surface area contributed by atoms with Crippen LogP contribution < -0.4 is 4.90 Å². The van der Waals surface area contributed by atoms with Gasteiger partial charge in [0.2, 0.25) is 0 Å². The van der Waals surface area contributed by atoms with E-state index in [-0.39, 0.29) is 23.2 Å². The summed E-state index contributed by atoms with van der Waals surface area (Å²) in [7, 11) is 0. The van der Waals surface area contributed by atoms with Gasteiger partial charge in [-0.05, 0) is 42.5 Å². The summed E-state index contributed by atoms with van der Waals surface area (Å²) in [6.45, 7) is 5.95. The monoisotopic (exact) mass is 482 g/mol. The predicted molar refractivity (Wildman–Crippen MR) is 134 cm³/mol. The Morgan fingerprint density at radius 1 is 1.08 bits per heavy atom. The summed E-state index contributed by atoms with van der Waals surface area (Å²) in [6.07, 6.45) is 9.45. The summed E-state index contributed by atoms with van der Waals surface area (Å²) < 4.78 is 1.74. The number of nitrogens with zero attached hydrogens (tertiary/aromatic N) is 6. The Balaban J connectivity index is 1.60. The largest absolute Gasteiger partial charge is 0.507 e. The highest BCUT2D eigenvalue weighted by atomic mass is 16.3. The van der Waals surface area contributed by atoms with E-state index in [0.29, 0.717) is 29.2 Å². The highest BCUT2D eigenvalue weighted by Crippen LogP contribution is 2.38. The first-order chi connectivity index (χ1) is 17.3. The Morgan fingerprint density at radius 2 is 1.86 bits per heavy atom. The van der Waals surface area contributed by atoms with Gasteiger partial charge in [0.1, 0.15) is 18.4 Å². The fourth-order valence-corrected chi connectivity index (χ4v) is 4.50. The summed E-state index contributed by atoms with van der Waals surface area (Å²) in [4.78, 5) is 31.9. The predicted octanol–water partition coefficient (Wildman–Crippen LogP) is 3.88. The minimum absolute atomic E-state index is 0.0229. The second kappa shape index (κ2) is 9.33. The Bertz CT molecular complexity index is 1390. The molecule has 0 bridgehead atoms. The maximum atomic E-state index is 13.3. The van der Waals surface area contributed by atoms with Crippen LogP contribution in [0.5, 0.6) is 0 Å². The molecule has 5 rings (SSSR count). The van der Waals surface area contributed by atoms with Gasteiger partial charge >= 0.3 is 5.91 Å². The third-order valence-corrected chi connectivity index (χ3v) is 6.52. The highest BCUT2D eigenvalue weighted by Gasteiger charge is 2.48. The quantitative estimate of drug-likeness (QED) is 0.333. The molecule has 3 heterocycles. The van der Waals surface area contributed by atoms with E-state index in [9.17, 15) is 14.7 Å². The van der Waals surface area contributed by atoms with E-state index >= 15 is 0 Å². The maximum Gasteiger partial charge on any atom is 0.301 e. The van der Waals surface area contributed by atoms with E-state index in [0.717, 1.165) is 5.56 Å². The minimum Gasteiger partial charge on any atom is -0.507 e. The number of aliphatic hydroxyl groups is 1. The molecule has 3 aromatic rings. The zero-order valence-electron chi connectivity index (χ0n) is 20.2. The van der Waals surface area contributed by atoms with Crippen LogP contribution in [0.3, 0.4) is 0 Å². The van der Waals surface area contributed by atoms with Gasteiger partial charge in [-0.25, -0.2) is 9.67 Å². The molecule has 0 radical (unpaired) electrons. The average molecular weight is 483 g/mol. The first-order valence-corrected chi connectivity index (χ1v) is 11.8. The molecule has 9 nitrogen and oxygen atoms in total. The summed E-state index contributed by atoms with van der Waals surface area (Å²) in [5, 5.41) is 23.8. The second-order valence-electron chi connectivity index (χ2n) is 9.22. The van der Waals surface area contributed by atoms with Crippen LogP contribution in [0.15, 0.2) is 78.4 Å². The second-order valence-corrected chi connectivity index (χ2v) is 9.22. The molecule has 36 heavy (non-hydrogen) atoms. The zero-order valence-corrected chi connectivity index (χ0v) is 20.2. The number of aromatic nitrogens is 5. The van der Waals surface area contributed by atoms with Crippen molar-refractivity contribution in [2.45, 2.75) is 45.2 Å². The van der Waals surface area contributed by atoms with Gasteiger partial charge in [-0.1, -0.05) is 56.3 Å². The van der Waals surface area contributed by atoms with E-state index < -0.39 is 17.7 Å². The van der Waals surface area contributed by atoms with E-state index in [1.165, 1.54) is 11.2 Å². The van der Waals surface area contributed by atoms with Crippen LogP contribution >= 0.6 is 0 Å². The molecule has 2 aromatic heterocycles. The van der Waals surface area contributed by atoms with Crippen molar-refractivity contribution >= 4 is 23.3 Å². The third-order valence-electron chi connectivity index (χ3n) is 6.52. The summed E-state index contributed by atoms with van der Waals surface area (Å²) >= 11 is 0. The number of allylic oxidation sites excluding steroid dienone is 2. The molecule has 1 aromatic carbocycles. The number of rotatable bonds is 5. The normalized spacial score (nSPS) is 21.3. The molecule has 1 N–H and O–H groups in total. The SMILES string of the molecule is Cc1ccc(N2C(=O)C(=O)C(=C(O)c3ccc(C(C)C)cc3)C2C2=CCC(n3cncn3)C=C2)nn1. The lowest BCUT2D eigenvalue weighted by molar-refractivity contribution is -0.132. The fourth-order valence-electron chi connectivity index (χ4n) is 4.50. The highest BCUT2D eigenvalue weighted by molar-refractivity contribution is 6.52. The van der Waals surface area contributed by atoms with E-state index in [2.05, 4.69) is 34.1 Å². The zero-order chi connectivity index (χ0) is 25.4. The number of Topliss-reactive ketones (excluding diaryl/α,β-unsaturated/α-hetero) is 1. The molecule has 1 saturated heterocycles. The van der Waals surface area contributed by atoms with E-state index in [1.54, 1.807) is 42.2 Å². The number of carbonyl (C=O) groups is 2. The van der Waals surface area contributed by atoms with Crippen LogP contribution in [0, 0.1) is 6.92 Å². The lowest BCUT2D eigenvalue weighted by atomic mass is 9.90. The van der Waals surface area contributed by atoms with E-state index in [1.807, 2.05) is 30.4 Å². The lowest BCUT2D eigenvalue weighted by Gasteiger charge is -2.27. The third kappa shape index (κ3) is 4.13. The van der Waals surface area contributed by atoms with Crippen LogP contribution in [-0.4, -0.2) is 47.8 Å². The van der Waals surface area contributed by atoms with Gasteiger partial charge in [0.25, 0.3) is 5.78 Å². The van der Waals surface area contributed by atoms with Gasteiger partial charge in [0, 0.05) is 5.56 Å². The number of amides is 1. The Labute approximate surface area is 208 Å². The van der Waals surface area contributed by atoms with Crippen LogP contribution in [0.4, 0.5) is 5.82 Å². The Hall–Kier alpha value is -4.40. The van der Waals surface area contributed by atoms with Crippen molar-refractivity contribution in [1.29, 1.82) is 0 Å². The first-order valence-electron chi connectivity index (χ1n) is 11.8. The van der Waals surface area contributed by atoms with Crippen molar-refractivity contribution in [1.82, 2.24) is 25.0 Å². The van der Waals surface area contributed by atoms with Gasteiger partial charge in [0.15, 0.2) is 5.82 Å². The first kappa shape index (κ1) is 23.3. The number of hydrogen-bond acceptors (Lipinski definition) is 7. The van der Waals surface area contributed by atoms with Crippen LogP contribution in [0.1, 0.15) is 49.0 Å². The van der Waals surface area contributed by atoms with Crippen molar-refractivity contribution in [3.63, 3.8) is 0 Å². The van der Waals surface area contributed by atoms with Gasteiger partial charge in [-0.2, -0.15) is 10.2 Å². The molecule has 2 unspecified atom stereocenters. The maximum absolute atomic E-state index is 13.3. The smallest absolute Gasteiger partial charge is 0.301 e. The number of hydrogen-bond donors (Lipinski definition) is 1. The van der Waals surface area contributed by atoms with Crippen molar-refractivity contribution in [3.05, 3.63) is 95.2 Å². The lowest BCUT2D eigenvalue weighted by Crippen LogP contribution is -2.36. The molecule has 0 saturated carbocycles. The molecule has 0 spiro atoms. The molecule has 1 aliphatic carbocycles. The van der Waals surface area contributed by atoms with Crippen molar-refractivity contribution in [3.8, 4) is 0 Å². The van der Waals surface area contributed by atoms with E-state index in [4.69, 9.17) is 0 Å². The Kier molecular flexibility index (Phi) is 6.05. The molecule has 1 fully saturated rings. The Morgan fingerprint density at radius 3 is 2.44 bits per heavy atom. The number of carbonyl (C=O) groups excluding carboxylic acids is 2. The van der Waals surface area contributed by atoms with Gasteiger partial charge in [-0.3, -0.25) is 14.5 Å². The number of ketones is 1. The molecule has 1 amide bonds. The van der Waals surface area contributed by atoms with Crippen LogP contribution in [-0.2, 0) is 9.59 Å². The molecule has 9 heteroatoms. The summed E-state index contributed by atoms with van der Waals surface area (Å²) in [6, 6.07) is 9.87. The molecule has 2 atom stereocenters. The van der Waals surface area contributed by atoms with Crippen LogP contribution in [0.2, 0.25) is 0 Å². The number of aryl methyl sites for hydroxylation is 1. The number of anilines is 1. The molecule has 2 aliphatic rings. The standard InChI is InChI=1S/C27H26N6O3/c1-16(2)18-5-7-20(8-6-18)25(34)23-24(19-9-11-21(12-10-19)32-15-28-14-29-32)33(27(36)26(23)35)22-13-4-17(3)30-31-22/h4-11,13-16,21,24,34H,12H2,1-3H3. The molecule has 1 aliphatic heterocycles. The molecular formula is C27H26N6O3. The van der Waals surface area contributed by atoms with Crippen molar-refractivity contribution in [2.75, 3.05) is 4.90 Å². The number of benzene rings is 1.